The monoisotopic (exact) mass is 1170 g/mol. The summed E-state index contributed by atoms with van der Waals surface area (Å²) in [6.45, 7) is 16.5. The number of benzene rings is 6. The Morgan fingerprint density at radius 2 is 1.25 bits per heavy atom. The minimum atomic E-state index is -4.50. The van der Waals surface area contributed by atoms with Gasteiger partial charge in [0.25, 0.3) is 20.2 Å². The largest absolute Gasteiger partial charge is 0.480 e. The van der Waals surface area contributed by atoms with Gasteiger partial charge in [0.05, 0.1) is 26.9 Å². The highest BCUT2D eigenvalue weighted by atomic mass is 32.2. The molecule has 0 fully saturated rings. The number of nitrogens with two attached hydrogens (primary N) is 1. The predicted molar refractivity (Wildman–Crippen MR) is 326 cm³/mol. The molecule has 0 bridgehead atoms. The topological polar surface area (TPSA) is 243 Å². The predicted octanol–water partition coefficient (Wildman–Crippen LogP) is 13.4. The Kier molecular flexibility index (Phi) is 14.2. The number of aliphatic imine (C=N–C) groups is 1. The van der Waals surface area contributed by atoms with E-state index in [-0.39, 0.29) is 35.1 Å². The summed E-state index contributed by atoms with van der Waals surface area (Å²) in [7, 11) is -8.89. The van der Waals surface area contributed by atoms with Gasteiger partial charge in [-0.2, -0.15) is 16.8 Å². The first-order valence-corrected chi connectivity index (χ1v) is 30.8. The summed E-state index contributed by atoms with van der Waals surface area (Å²) in [5.41, 5.74) is 20.5. The second-order valence-corrected chi connectivity index (χ2v) is 27.4. The van der Waals surface area contributed by atoms with Crippen molar-refractivity contribution in [3.63, 3.8) is 0 Å². The number of allylic oxidation sites excluding steroid dienone is 8. The maximum Gasteiger partial charge on any atom is 0.419 e. The minimum absolute atomic E-state index is 0.0223. The van der Waals surface area contributed by atoms with Crippen LogP contribution in [0, 0.1) is 0 Å². The molecule has 5 aliphatic rings. The standard InChI is InChI=1S/C67H66N4O11S2/c1-64(2)49-31-43(83(76,77)78)23-25-45(49)47-33-53-56(35-51(47)64)70-58(66(53,5)6)28-19-40-15-12-16-41(61(40)39-13-10-9-11-14-39)20-29-59-67(7,8)54-34-48-46-26-24-44(84(79,80)81)32-50(46)65(3,4)52(48)36-57(54)71(59)63(75)82-37-38-17-21-42(22-18-38)69-60(72)30-27-55(68)62(73)74/h9-11,13-14,17-26,28-29,31-36,55H,12,15-16,27,30,37,68H2,1-8H3,(H,69,72)(H,73,74)(H,76,77,78)(H,79,80,81)/b28-19+,41-20+,59-29+/t55-/m0/s1. The Balaban J connectivity index is 0.950. The molecule has 6 N–H and O–H groups in total. The van der Waals surface area contributed by atoms with Crippen molar-refractivity contribution in [2.45, 2.75) is 132 Å². The highest BCUT2D eigenvalue weighted by Crippen LogP contribution is 2.58. The van der Waals surface area contributed by atoms with E-state index in [1.807, 2.05) is 44.2 Å². The van der Waals surface area contributed by atoms with E-state index in [1.165, 1.54) is 18.2 Å². The number of rotatable bonds is 13. The molecule has 0 spiro atoms. The van der Waals surface area contributed by atoms with E-state index in [0.29, 0.717) is 22.6 Å². The first-order valence-electron chi connectivity index (χ1n) is 27.9. The van der Waals surface area contributed by atoms with E-state index in [2.05, 4.69) is 95.4 Å². The van der Waals surface area contributed by atoms with Crippen LogP contribution in [0.25, 0.3) is 27.8 Å². The average Bonchev–Trinajstić information content (AvgIpc) is 1.59. The Labute approximate surface area is 489 Å². The molecule has 0 radical (unpaired) electrons. The number of carboxylic acid groups (broad SMARTS) is 1. The Morgan fingerprint density at radius 3 is 1.85 bits per heavy atom. The quantitative estimate of drug-likeness (QED) is 0.0678. The first-order chi connectivity index (χ1) is 39.5. The molecular weight excluding hydrogens is 1100 g/mol. The van der Waals surface area contributed by atoms with E-state index in [9.17, 15) is 35.5 Å². The molecule has 84 heavy (non-hydrogen) atoms. The number of carbonyl (C=O) groups excluding carboxylic acids is 2. The SMILES string of the molecule is CC1(C)C(/C=C/C2=C(c3ccccc3)C(=C/C=C3/N(C(=O)OCc4ccc(NC(=O)CC[C@H](N)C(=O)O)cc4)c4cc5c(cc4C3(C)C)-c3ccc(S(=O)(=O)O)cc3C5(C)C)/CCC2)=Nc2cc3c(cc21)-c1ccc(S(=O)(=O)O)cc1C3(C)C. The number of hydrogen-bond acceptors (Lipinski definition) is 10. The van der Waals surface area contributed by atoms with Gasteiger partial charge in [0.2, 0.25) is 5.91 Å². The second kappa shape index (κ2) is 20.6. The van der Waals surface area contributed by atoms with Crippen molar-refractivity contribution in [3.8, 4) is 22.3 Å². The Hall–Kier alpha value is -8.06. The van der Waals surface area contributed by atoms with Crippen molar-refractivity contribution in [1.29, 1.82) is 0 Å². The van der Waals surface area contributed by atoms with Gasteiger partial charge in [-0.1, -0.05) is 122 Å². The van der Waals surface area contributed by atoms with Crippen LogP contribution in [-0.4, -0.2) is 60.8 Å². The molecule has 6 aromatic carbocycles. The number of nitrogens with one attached hydrogen (secondary N) is 1. The summed E-state index contributed by atoms with van der Waals surface area (Å²) in [4.78, 5) is 45.3. The highest BCUT2D eigenvalue weighted by molar-refractivity contribution is 7.86. The second-order valence-electron chi connectivity index (χ2n) is 24.5. The zero-order chi connectivity index (χ0) is 60.2. The average molecular weight is 1170 g/mol. The molecular formula is C67H66N4O11S2. The number of aliphatic carboxylic acids is 1. The van der Waals surface area contributed by atoms with Gasteiger partial charge in [-0.15, -0.1) is 0 Å². The number of nitrogens with zero attached hydrogens (tertiary/aromatic N) is 2. The molecule has 11 rings (SSSR count). The molecule has 15 nitrogen and oxygen atoms in total. The number of ether oxygens (including phenoxy) is 1. The van der Waals surface area contributed by atoms with Gasteiger partial charge >= 0.3 is 12.1 Å². The van der Waals surface area contributed by atoms with Crippen molar-refractivity contribution in [2.24, 2.45) is 10.7 Å². The number of hydrogen-bond donors (Lipinski definition) is 5. The van der Waals surface area contributed by atoms with Gasteiger partial charge in [-0.25, -0.2) is 9.69 Å². The molecule has 0 saturated carbocycles. The fraction of sp³-hybridized carbons (Fsp3) is 0.284. The lowest BCUT2D eigenvalue weighted by Gasteiger charge is -2.26. The van der Waals surface area contributed by atoms with Crippen LogP contribution < -0.4 is 16.0 Å². The third-order valence-electron chi connectivity index (χ3n) is 17.7. The van der Waals surface area contributed by atoms with Crippen molar-refractivity contribution in [3.05, 3.63) is 201 Å². The van der Waals surface area contributed by atoms with Gasteiger partial charge in [0.1, 0.15) is 12.6 Å². The first kappa shape index (κ1) is 57.7. The fourth-order valence-electron chi connectivity index (χ4n) is 12.9. The number of fused-ring (bicyclic) bond motifs is 8. The van der Waals surface area contributed by atoms with E-state index < -0.39 is 60.0 Å². The van der Waals surface area contributed by atoms with Crippen LogP contribution in [0.15, 0.2) is 171 Å². The summed E-state index contributed by atoms with van der Waals surface area (Å²) >= 11 is 0. The number of carboxylic acids is 1. The van der Waals surface area contributed by atoms with Crippen LogP contribution in [0.1, 0.15) is 132 Å². The van der Waals surface area contributed by atoms with E-state index >= 15 is 4.79 Å². The molecule has 432 valence electrons. The normalized spacial score (nSPS) is 18.9. The zero-order valence-corrected chi connectivity index (χ0v) is 49.6. The molecule has 6 aromatic rings. The molecule has 17 heteroatoms. The lowest BCUT2D eigenvalue weighted by atomic mass is 9.77. The summed E-state index contributed by atoms with van der Waals surface area (Å²) in [6, 6.07) is 33.8. The van der Waals surface area contributed by atoms with E-state index in [0.717, 1.165) is 109 Å². The Bertz CT molecular complexity index is 4230. The van der Waals surface area contributed by atoms with Crippen LogP contribution in [0.5, 0.6) is 0 Å². The van der Waals surface area contributed by atoms with Crippen LogP contribution in [-0.2, 0) is 62.8 Å². The number of carbonyl (C=O) groups is 3. The minimum Gasteiger partial charge on any atom is -0.480 e. The van der Waals surface area contributed by atoms with Crippen molar-refractivity contribution < 1.29 is 50.2 Å². The molecule has 0 aromatic heterocycles. The smallest absolute Gasteiger partial charge is 0.419 e. The lowest BCUT2D eigenvalue weighted by Crippen LogP contribution is -2.32. The third-order valence-corrected chi connectivity index (χ3v) is 19.4. The van der Waals surface area contributed by atoms with Gasteiger partial charge in [0.15, 0.2) is 0 Å². The van der Waals surface area contributed by atoms with Gasteiger partial charge in [-0.3, -0.25) is 23.7 Å². The third kappa shape index (κ3) is 10.0. The van der Waals surface area contributed by atoms with Crippen LogP contribution in [0.2, 0.25) is 0 Å². The summed E-state index contributed by atoms with van der Waals surface area (Å²) in [6.07, 6.45) is 10.2. The van der Waals surface area contributed by atoms with Crippen LogP contribution in [0.3, 0.4) is 0 Å². The van der Waals surface area contributed by atoms with E-state index in [4.69, 9.17) is 20.6 Å². The molecule has 2 amide bonds. The van der Waals surface area contributed by atoms with Gasteiger partial charge in [0, 0.05) is 39.5 Å². The fourth-order valence-corrected chi connectivity index (χ4v) is 13.9. The summed E-state index contributed by atoms with van der Waals surface area (Å²) in [5, 5.41) is 11.9. The van der Waals surface area contributed by atoms with Crippen molar-refractivity contribution >= 4 is 66.6 Å². The van der Waals surface area contributed by atoms with Crippen molar-refractivity contribution in [2.75, 3.05) is 10.2 Å². The number of amides is 2. The molecule has 0 unspecified atom stereocenters. The van der Waals surface area contributed by atoms with E-state index in [1.54, 1.807) is 47.4 Å². The molecule has 3 aliphatic carbocycles. The molecule has 0 saturated heterocycles. The van der Waals surface area contributed by atoms with Crippen molar-refractivity contribution in [1.82, 2.24) is 0 Å². The summed E-state index contributed by atoms with van der Waals surface area (Å²) in [5.74, 6) is -1.57. The van der Waals surface area contributed by atoms with Gasteiger partial charge < -0.3 is 20.9 Å². The molecule has 1 atom stereocenters. The number of anilines is 2. The summed E-state index contributed by atoms with van der Waals surface area (Å²) < 4.78 is 75.2. The molecule has 2 heterocycles. The van der Waals surface area contributed by atoms with Crippen LogP contribution >= 0.6 is 0 Å². The highest BCUT2D eigenvalue weighted by Gasteiger charge is 2.48. The lowest BCUT2D eigenvalue weighted by molar-refractivity contribution is -0.138. The van der Waals surface area contributed by atoms with Crippen LogP contribution in [0.4, 0.5) is 21.9 Å². The zero-order valence-electron chi connectivity index (χ0n) is 48.0. The molecule has 2 aliphatic heterocycles. The Morgan fingerprint density at radius 1 is 0.667 bits per heavy atom. The van der Waals surface area contributed by atoms with Gasteiger partial charge in [-0.05, 0) is 182 Å². The maximum atomic E-state index is 15.0. The maximum absolute atomic E-state index is 15.0.